The quantitative estimate of drug-likeness (QED) is 0.518. The lowest BCUT2D eigenvalue weighted by atomic mass is 10.3. The van der Waals surface area contributed by atoms with Gasteiger partial charge in [-0.05, 0) is 13.3 Å². The molecular weight excluding hydrogens is 224 g/mol. The Balaban J connectivity index is 3.26. The molecule has 0 aliphatic heterocycles. The van der Waals surface area contributed by atoms with E-state index >= 15 is 0 Å². The number of carbonyl (C=O) groups is 2. The van der Waals surface area contributed by atoms with Crippen molar-refractivity contribution in [2.45, 2.75) is 19.8 Å². The minimum atomic E-state index is -0.168. The molecule has 0 saturated heterocycles. The first kappa shape index (κ1) is 15.9. The predicted molar refractivity (Wildman–Crippen MR) is 63.6 cm³/mol. The van der Waals surface area contributed by atoms with Gasteiger partial charge in [-0.3, -0.25) is 9.59 Å². The van der Waals surface area contributed by atoms with E-state index in [2.05, 4.69) is 10.6 Å². The lowest BCUT2D eigenvalue weighted by Crippen LogP contribution is -2.30. The molecule has 0 aromatic rings. The second kappa shape index (κ2) is 11.3. The third kappa shape index (κ3) is 11.1. The van der Waals surface area contributed by atoms with Gasteiger partial charge < -0.3 is 20.1 Å². The normalized spacial score (nSPS) is 10.0. The van der Waals surface area contributed by atoms with Gasteiger partial charge in [-0.2, -0.15) is 0 Å². The molecule has 100 valence electrons. The van der Waals surface area contributed by atoms with Crippen molar-refractivity contribution in [3.63, 3.8) is 0 Å². The summed E-state index contributed by atoms with van der Waals surface area (Å²) in [5.74, 6) is -0.189. The molecule has 17 heavy (non-hydrogen) atoms. The van der Waals surface area contributed by atoms with E-state index in [1.165, 1.54) is 0 Å². The first-order valence-electron chi connectivity index (χ1n) is 5.83. The van der Waals surface area contributed by atoms with Gasteiger partial charge in [0.2, 0.25) is 11.8 Å². The average molecular weight is 246 g/mol. The lowest BCUT2D eigenvalue weighted by Gasteiger charge is -2.06. The van der Waals surface area contributed by atoms with Crippen LogP contribution in [0.4, 0.5) is 0 Å². The maximum Gasteiger partial charge on any atom is 0.245 e. The Bertz CT molecular complexity index is 222. The monoisotopic (exact) mass is 246 g/mol. The molecule has 0 heterocycles. The highest BCUT2D eigenvalue weighted by atomic mass is 16.5. The Morgan fingerprint density at radius 3 is 2.47 bits per heavy atom. The Hall–Kier alpha value is -1.14. The predicted octanol–water partition coefficient (Wildman–Crippen LogP) is -0.318. The zero-order chi connectivity index (χ0) is 12.9. The minimum absolute atomic E-state index is 0.0211. The van der Waals surface area contributed by atoms with Crippen molar-refractivity contribution in [3.05, 3.63) is 0 Å². The molecule has 0 saturated carbocycles. The lowest BCUT2D eigenvalue weighted by molar-refractivity contribution is -0.126. The number of carbonyl (C=O) groups excluding carboxylic acids is 2. The molecule has 0 aromatic heterocycles. The molecular formula is C11H22N2O4. The van der Waals surface area contributed by atoms with E-state index in [9.17, 15) is 9.59 Å². The fraction of sp³-hybridized carbons (Fsp3) is 0.818. The van der Waals surface area contributed by atoms with E-state index in [-0.39, 0.29) is 18.4 Å². The molecule has 2 amide bonds. The van der Waals surface area contributed by atoms with E-state index in [0.717, 1.165) is 0 Å². The van der Waals surface area contributed by atoms with Crippen molar-refractivity contribution in [2.75, 3.05) is 40.0 Å². The fourth-order valence-corrected chi connectivity index (χ4v) is 1.08. The van der Waals surface area contributed by atoms with Crippen molar-refractivity contribution in [3.8, 4) is 0 Å². The molecule has 0 unspecified atom stereocenters. The van der Waals surface area contributed by atoms with Crippen LogP contribution in [0.1, 0.15) is 19.8 Å². The van der Waals surface area contributed by atoms with Gasteiger partial charge in [-0.1, -0.05) is 0 Å². The number of amides is 2. The Morgan fingerprint density at radius 2 is 1.82 bits per heavy atom. The molecule has 0 aliphatic carbocycles. The van der Waals surface area contributed by atoms with E-state index < -0.39 is 0 Å². The largest absolute Gasteiger partial charge is 0.379 e. The van der Waals surface area contributed by atoms with Crippen molar-refractivity contribution in [1.29, 1.82) is 0 Å². The van der Waals surface area contributed by atoms with Gasteiger partial charge in [-0.15, -0.1) is 0 Å². The maximum absolute atomic E-state index is 11.2. The summed E-state index contributed by atoms with van der Waals surface area (Å²) in [5.41, 5.74) is 0. The Labute approximate surface area is 102 Å². The first-order valence-corrected chi connectivity index (χ1v) is 5.83. The summed E-state index contributed by atoms with van der Waals surface area (Å²) in [7, 11) is 1.59. The molecule has 6 heteroatoms. The van der Waals surface area contributed by atoms with E-state index in [4.69, 9.17) is 9.47 Å². The SMILES string of the molecule is CCOCCOCC(=O)NCCCC(=O)NC. The molecule has 2 N–H and O–H groups in total. The molecule has 0 bridgehead atoms. The molecule has 0 atom stereocenters. The fourth-order valence-electron chi connectivity index (χ4n) is 1.08. The summed E-state index contributed by atoms with van der Waals surface area (Å²) in [6.45, 7) is 3.99. The highest BCUT2D eigenvalue weighted by Gasteiger charge is 2.01. The van der Waals surface area contributed by atoms with Crippen molar-refractivity contribution in [2.24, 2.45) is 0 Å². The van der Waals surface area contributed by atoms with Gasteiger partial charge in [0, 0.05) is 26.6 Å². The van der Waals surface area contributed by atoms with Crippen LogP contribution in [0.15, 0.2) is 0 Å². The molecule has 0 radical (unpaired) electrons. The zero-order valence-electron chi connectivity index (χ0n) is 10.6. The Morgan fingerprint density at radius 1 is 1.12 bits per heavy atom. The van der Waals surface area contributed by atoms with E-state index in [1.807, 2.05) is 6.92 Å². The number of ether oxygens (including phenoxy) is 2. The standard InChI is InChI=1S/C11H22N2O4/c1-3-16-7-8-17-9-11(15)13-6-4-5-10(14)12-2/h3-9H2,1-2H3,(H,12,14)(H,13,15). The van der Waals surface area contributed by atoms with Crippen molar-refractivity contribution >= 4 is 11.8 Å². The summed E-state index contributed by atoms with van der Waals surface area (Å²) in [6.07, 6.45) is 1.05. The van der Waals surface area contributed by atoms with Crippen LogP contribution >= 0.6 is 0 Å². The number of hydrogen-bond acceptors (Lipinski definition) is 4. The maximum atomic E-state index is 11.2. The van der Waals surface area contributed by atoms with E-state index in [0.29, 0.717) is 39.2 Å². The molecule has 6 nitrogen and oxygen atoms in total. The average Bonchev–Trinajstić information content (AvgIpc) is 2.34. The van der Waals surface area contributed by atoms with Crippen molar-refractivity contribution in [1.82, 2.24) is 10.6 Å². The highest BCUT2D eigenvalue weighted by Crippen LogP contribution is 1.86. The van der Waals surface area contributed by atoms with Crippen LogP contribution in [0, 0.1) is 0 Å². The van der Waals surface area contributed by atoms with Gasteiger partial charge in [0.1, 0.15) is 6.61 Å². The van der Waals surface area contributed by atoms with Gasteiger partial charge in [0.25, 0.3) is 0 Å². The topological polar surface area (TPSA) is 76.7 Å². The number of hydrogen-bond donors (Lipinski definition) is 2. The number of rotatable bonds is 10. The molecule has 0 rings (SSSR count). The van der Waals surface area contributed by atoms with Crippen LogP contribution < -0.4 is 10.6 Å². The summed E-state index contributed by atoms with van der Waals surface area (Å²) in [6, 6.07) is 0. The second-order valence-electron chi connectivity index (χ2n) is 3.38. The van der Waals surface area contributed by atoms with Crippen LogP contribution in [-0.4, -0.2) is 51.8 Å². The van der Waals surface area contributed by atoms with Crippen LogP contribution in [0.2, 0.25) is 0 Å². The molecule has 0 aromatic carbocycles. The van der Waals surface area contributed by atoms with Crippen LogP contribution in [0.25, 0.3) is 0 Å². The first-order chi connectivity index (χ1) is 8.20. The summed E-state index contributed by atoms with van der Waals surface area (Å²) in [5, 5.41) is 5.18. The summed E-state index contributed by atoms with van der Waals surface area (Å²) >= 11 is 0. The third-order valence-corrected chi connectivity index (χ3v) is 1.99. The van der Waals surface area contributed by atoms with E-state index in [1.54, 1.807) is 7.05 Å². The van der Waals surface area contributed by atoms with Gasteiger partial charge in [-0.25, -0.2) is 0 Å². The highest BCUT2D eigenvalue weighted by molar-refractivity contribution is 5.77. The summed E-state index contributed by atoms with van der Waals surface area (Å²) in [4.78, 5) is 22.1. The van der Waals surface area contributed by atoms with Crippen LogP contribution in [0.5, 0.6) is 0 Å². The van der Waals surface area contributed by atoms with Crippen LogP contribution in [-0.2, 0) is 19.1 Å². The minimum Gasteiger partial charge on any atom is -0.379 e. The molecule has 0 aliphatic rings. The molecule has 0 spiro atoms. The van der Waals surface area contributed by atoms with Crippen LogP contribution in [0.3, 0.4) is 0 Å². The Kier molecular flexibility index (Phi) is 10.6. The third-order valence-electron chi connectivity index (χ3n) is 1.99. The second-order valence-corrected chi connectivity index (χ2v) is 3.38. The number of nitrogens with one attached hydrogen (secondary N) is 2. The smallest absolute Gasteiger partial charge is 0.245 e. The summed E-state index contributed by atoms with van der Waals surface area (Å²) < 4.78 is 10.1. The van der Waals surface area contributed by atoms with Gasteiger partial charge in [0.15, 0.2) is 0 Å². The van der Waals surface area contributed by atoms with Gasteiger partial charge >= 0.3 is 0 Å². The van der Waals surface area contributed by atoms with Gasteiger partial charge in [0.05, 0.1) is 13.2 Å². The van der Waals surface area contributed by atoms with Crippen molar-refractivity contribution < 1.29 is 19.1 Å². The zero-order valence-corrected chi connectivity index (χ0v) is 10.6. The molecule has 0 fully saturated rings.